The minimum Gasteiger partial charge on any atom is -0.323 e. The molecule has 1 unspecified atom stereocenters. The van der Waals surface area contributed by atoms with Gasteiger partial charge in [0, 0.05) is 34.6 Å². The number of aryl methyl sites for hydroxylation is 2. The molecule has 1 aliphatic heterocycles. The van der Waals surface area contributed by atoms with Crippen LogP contribution < -0.4 is 4.90 Å². The Morgan fingerprint density at radius 3 is 2.50 bits per heavy atom. The van der Waals surface area contributed by atoms with E-state index < -0.39 is 0 Å². The number of carbonyl (C=O) groups is 1. The second-order valence-corrected chi connectivity index (χ2v) is 9.38. The molecule has 1 atom stereocenters. The fourth-order valence-corrected chi connectivity index (χ4v) is 5.10. The lowest BCUT2D eigenvalue weighted by Gasteiger charge is -2.19. The quantitative estimate of drug-likeness (QED) is 0.345. The van der Waals surface area contributed by atoms with Crippen molar-refractivity contribution in [2.24, 2.45) is 0 Å². The highest BCUT2D eigenvalue weighted by atomic mass is 35.5. The predicted octanol–water partition coefficient (Wildman–Crippen LogP) is 6.53. The Bertz CT molecular complexity index is 1320. The normalized spacial score (nSPS) is 16.3. The van der Waals surface area contributed by atoms with Crippen LogP contribution in [-0.2, 0) is 11.3 Å². The number of para-hydroxylation sites is 2. The molecule has 0 N–H and O–H groups in total. The summed E-state index contributed by atoms with van der Waals surface area (Å²) < 4.78 is 2.19. The van der Waals surface area contributed by atoms with E-state index in [4.69, 9.17) is 28.2 Å². The van der Waals surface area contributed by atoms with Gasteiger partial charge in [0.2, 0.25) is 5.91 Å². The molecule has 5 rings (SSSR count). The van der Waals surface area contributed by atoms with Crippen molar-refractivity contribution in [2.45, 2.75) is 32.7 Å². The molecule has 1 aliphatic rings. The van der Waals surface area contributed by atoms with Crippen molar-refractivity contribution < 1.29 is 4.79 Å². The summed E-state index contributed by atoms with van der Waals surface area (Å²) in [4.78, 5) is 19.9. The molecule has 6 heteroatoms. The maximum absolute atomic E-state index is 13.0. The van der Waals surface area contributed by atoms with E-state index in [2.05, 4.69) is 42.7 Å². The number of rotatable bonds is 4. The molecule has 1 amide bonds. The van der Waals surface area contributed by atoms with Gasteiger partial charge in [-0.2, -0.15) is 0 Å². The van der Waals surface area contributed by atoms with Crippen molar-refractivity contribution in [1.82, 2.24) is 9.55 Å². The van der Waals surface area contributed by atoms with E-state index in [0.29, 0.717) is 29.6 Å². The summed E-state index contributed by atoms with van der Waals surface area (Å²) in [7, 11) is 0. The van der Waals surface area contributed by atoms with Crippen molar-refractivity contribution in [2.75, 3.05) is 11.4 Å². The van der Waals surface area contributed by atoms with Crippen LogP contribution in [0.2, 0.25) is 10.0 Å². The zero-order valence-electron chi connectivity index (χ0n) is 18.0. The number of nitrogens with zero attached hydrogens (tertiary/aromatic N) is 3. The second-order valence-electron chi connectivity index (χ2n) is 8.53. The Balaban J connectivity index is 1.54. The Kier molecular flexibility index (Phi) is 5.44. The third-order valence-electron chi connectivity index (χ3n) is 6.04. The molecule has 162 valence electrons. The van der Waals surface area contributed by atoms with Crippen molar-refractivity contribution in [1.29, 1.82) is 0 Å². The number of amides is 1. The first-order valence-corrected chi connectivity index (χ1v) is 11.4. The average Bonchev–Trinajstić information content (AvgIpc) is 3.30. The summed E-state index contributed by atoms with van der Waals surface area (Å²) in [6, 6.07) is 19.9. The molecule has 0 radical (unpaired) electrons. The number of aromatic nitrogens is 2. The van der Waals surface area contributed by atoms with E-state index in [0.717, 1.165) is 39.2 Å². The van der Waals surface area contributed by atoms with Gasteiger partial charge in [0.05, 0.1) is 17.6 Å². The topological polar surface area (TPSA) is 38.1 Å². The highest BCUT2D eigenvalue weighted by Crippen LogP contribution is 2.35. The van der Waals surface area contributed by atoms with E-state index in [9.17, 15) is 4.79 Å². The van der Waals surface area contributed by atoms with Gasteiger partial charge in [0.1, 0.15) is 5.82 Å². The first-order chi connectivity index (χ1) is 15.4. The summed E-state index contributed by atoms with van der Waals surface area (Å²) >= 11 is 12.6. The Hall–Kier alpha value is -2.82. The van der Waals surface area contributed by atoms with Crippen LogP contribution in [0.1, 0.15) is 34.9 Å². The monoisotopic (exact) mass is 463 g/mol. The first-order valence-electron chi connectivity index (χ1n) is 10.7. The van der Waals surface area contributed by atoms with Crippen LogP contribution in [0.3, 0.4) is 0 Å². The fourth-order valence-electron chi connectivity index (χ4n) is 4.63. The van der Waals surface area contributed by atoms with Crippen LogP contribution in [0, 0.1) is 13.8 Å². The van der Waals surface area contributed by atoms with Gasteiger partial charge in [-0.05, 0) is 66.9 Å². The molecule has 0 saturated carbocycles. The molecule has 4 nitrogen and oxygen atoms in total. The summed E-state index contributed by atoms with van der Waals surface area (Å²) in [6.45, 7) is 5.30. The van der Waals surface area contributed by atoms with E-state index >= 15 is 0 Å². The van der Waals surface area contributed by atoms with Crippen molar-refractivity contribution in [3.05, 3.63) is 93.2 Å². The Labute approximate surface area is 197 Å². The summed E-state index contributed by atoms with van der Waals surface area (Å²) in [5.41, 5.74) is 6.19. The van der Waals surface area contributed by atoms with Gasteiger partial charge in [-0.1, -0.05) is 47.5 Å². The number of halogens is 2. The number of hydrogen-bond donors (Lipinski definition) is 0. The zero-order valence-corrected chi connectivity index (χ0v) is 19.5. The van der Waals surface area contributed by atoms with Crippen molar-refractivity contribution in [3.8, 4) is 0 Å². The predicted molar refractivity (Wildman–Crippen MR) is 131 cm³/mol. The van der Waals surface area contributed by atoms with Crippen molar-refractivity contribution >= 4 is 45.8 Å². The second kappa shape index (κ2) is 8.27. The molecule has 1 saturated heterocycles. The SMILES string of the molecule is Cc1cc(C)cc(N2CC(c3nc4ccccc4n3Cc3ccc(Cl)cc3Cl)CC2=O)c1. The maximum Gasteiger partial charge on any atom is 0.227 e. The zero-order chi connectivity index (χ0) is 22.4. The largest absolute Gasteiger partial charge is 0.323 e. The van der Waals surface area contributed by atoms with Gasteiger partial charge < -0.3 is 9.47 Å². The first kappa shape index (κ1) is 21.0. The minimum atomic E-state index is 0.00166. The number of imidazole rings is 1. The lowest BCUT2D eigenvalue weighted by Crippen LogP contribution is -2.24. The highest BCUT2D eigenvalue weighted by molar-refractivity contribution is 6.35. The van der Waals surface area contributed by atoms with Crippen LogP contribution in [-0.4, -0.2) is 22.0 Å². The van der Waals surface area contributed by atoms with E-state index in [1.165, 1.54) is 0 Å². The third-order valence-corrected chi connectivity index (χ3v) is 6.62. The van der Waals surface area contributed by atoms with Gasteiger partial charge in [-0.25, -0.2) is 4.98 Å². The van der Waals surface area contributed by atoms with Gasteiger partial charge in [-0.15, -0.1) is 0 Å². The lowest BCUT2D eigenvalue weighted by atomic mass is 10.1. The van der Waals surface area contributed by atoms with Crippen LogP contribution in [0.15, 0.2) is 60.7 Å². The standard InChI is InChI=1S/C26H23Cl2N3O/c1-16-9-17(2)11-21(10-16)30-15-19(12-25(30)32)26-29-23-5-3-4-6-24(23)31(26)14-18-7-8-20(27)13-22(18)28/h3-11,13,19H,12,14-15H2,1-2H3. The van der Waals surface area contributed by atoms with Gasteiger partial charge in [0.15, 0.2) is 0 Å². The molecule has 0 spiro atoms. The Morgan fingerprint density at radius 2 is 1.75 bits per heavy atom. The van der Waals surface area contributed by atoms with Gasteiger partial charge in [0.25, 0.3) is 0 Å². The highest BCUT2D eigenvalue weighted by Gasteiger charge is 2.35. The van der Waals surface area contributed by atoms with Crippen LogP contribution >= 0.6 is 23.2 Å². The smallest absolute Gasteiger partial charge is 0.227 e. The average molecular weight is 464 g/mol. The molecule has 3 aromatic carbocycles. The number of benzene rings is 3. The number of hydrogen-bond acceptors (Lipinski definition) is 2. The molecule has 0 aliphatic carbocycles. The van der Waals surface area contributed by atoms with Crippen molar-refractivity contribution in [3.63, 3.8) is 0 Å². The molecule has 32 heavy (non-hydrogen) atoms. The molecule has 0 bridgehead atoms. The number of fused-ring (bicyclic) bond motifs is 1. The van der Waals surface area contributed by atoms with E-state index in [-0.39, 0.29) is 11.8 Å². The Morgan fingerprint density at radius 1 is 1.00 bits per heavy atom. The number of carbonyl (C=O) groups excluding carboxylic acids is 1. The van der Waals surface area contributed by atoms with Crippen LogP contribution in [0.4, 0.5) is 5.69 Å². The maximum atomic E-state index is 13.0. The minimum absolute atomic E-state index is 0.00166. The summed E-state index contributed by atoms with van der Waals surface area (Å²) in [5.74, 6) is 1.04. The van der Waals surface area contributed by atoms with E-state index in [1.54, 1.807) is 6.07 Å². The van der Waals surface area contributed by atoms with Gasteiger partial charge >= 0.3 is 0 Å². The molecule has 4 aromatic rings. The molecule has 2 heterocycles. The summed E-state index contributed by atoms with van der Waals surface area (Å²) in [6.07, 6.45) is 0.435. The van der Waals surface area contributed by atoms with Gasteiger partial charge in [-0.3, -0.25) is 4.79 Å². The fraction of sp³-hybridized carbons (Fsp3) is 0.231. The molecule has 1 fully saturated rings. The van der Waals surface area contributed by atoms with Crippen LogP contribution in [0.5, 0.6) is 0 Å². The lowest BCUT2D eigenvalue weighted by molar-refractivity contribution is -0.117. The molecular weight excluding hydrogens is 441 g/mol. The summed E-state index contributed by atoms with van der Waals surface area (Å²) in [5, 5.41) is 1.24. The molecular formula is C26H23Cl2N3O. The number of anilines is 1. The van der Waals surface area contributed by atoms with E-state index in [1.807, 2.05) is 35.2 Å². The molecule has 1 aromatic heterocycles. The van der Waals surface area contributed by atoms with Crippen LogP contribution in [0.25, 0.3) is 11.0 Å². The third kappa shape index (κ3) is 3.89.